The summed E-state index contributed by atoms with van der Waals surface area (Å²) in [5.41, 5.74) is 8.80. The molecule has 0 aliphatic heterocycles. The molecule has 1 unspecified atom stereocenters. The standard InChI is InChI=1S/C19H20N6O2S/c1-28(27)12-16-10-17(20)25-18(23-16)14-2-4-15(5-3-14)24-19(26)22-11-13-6-8-21-9-7-13/h2-10H,11-12H2,1H3,(H2,20,23,25)(H2,22,24,26). The fourth-order valence-corrected chi connectivity index (χ4v) is 3.06. The van der Waals surface area contributed by atoms with Crippen molar-refractivity contribution in [3.05, 3.63) is 66.1 Å². The summed E-state index contributed by atoms with van der Waals surface area (Å²) in [5.74, 6) is 1.09. The Bertz CT molecular complexity index is 979. The molecule has 0 saturated heterocycles. The van der Waals surface area contributed by atoms with Gasteiger partial charge in [-0.25, -0.2) is 14.8 Å². The first-order chi connectivity index (χ1) is 13.5. The normalized spacial score (nSPS) is 11.6. The third-order valence-electron chi connectivity index (χ3n) is 3.75. The lowest BCUT2D eigenvalue weighted by Gasteiger charge is -2.09. The average Bonchev–Trinajstić information content (AvgIpc) is 2.67. The number of anilines is 2. The number of nitrogens with zero attached hydrogens (tertiary/aromatic N) is 3. The van der Waals surface area contributed by atoms with Gasteiger partial charge in [-0.1, -0.05) is 0 Å². The van der Waals surface area contributed by atoms with Crippen LogP contribution in [-0.2, 0) is 23.1 Å². The number of benzene rings is 1. The SMILES string of the molecule is CS(=O)Cc1cc(N)nc(-c2ccc(NC(=O)NCc3ccncc3)cc2)n1. The topological polar surface area (TPSA) is 123 Å². The van der Waals surface area contributed by atoms with Gasteiger partial charge in [0.25, 0.3) is 0 Å². The molecule has 4 N–H and O–H groups in total. The first-order valence-corrected chi connectivity index (χ1v) is 10.2. The zero-order valence-electron chi connectivity index (χ0n) is 15.3. The van der Waals surface area contributed by atoms with Crippen molar-refractivity contribution in [2.75, 3.05) is 17.3 Å². The molecule has 144 valence electrons. The fourth-order valence-electron chi connectivity index (χ4n) is 2.49. The van der Waals surface area contributed by atoms with Crippen molar-refractivity contribution in [3.8, 4) is 11.4 Å². The van der Waals surface area contributed by atoms with Gasteiger partial charge >= 0.3 is 6.03 Å². The number of hydrogen-bond acceptors (Lipinski definition) is 6. The van der Waals surface area contributed by atoms with Gasteiger partial charge in [0.1, 0.15) is 5.82 Å². The third kappa shape index (κ3) is 5.58. The minimum absolute atomic E-state index is 0.308. The highest BCUT2D eigenvalue weighted by atomic mass is 32.2. The molecule has 9 heteroatoms. The monoisotopic (exact) mass is 396 g/mol. The summed E-state index contributed by atoms with van der Waals surface area (Å²) >= 11 is 0. The van der Waals surface area contributed by atoms with Crippen LogP contribution in [0, 0.1) is 0 Å². The molecule has 0 aliphatic rings. The lowest BCUT2D eigenvalue weighted by molar-refractivity contribution is 0.251. The van der Waals surface area contributed by atoms with Crippen LogP contribution in [-0.4, -0.2) is 31.4 Å². The van der Waals surface area contributed by atoms with Crippen LogP contribution in [0.5, 0.6) is 0 Å². The van der Waals surface area contributed by atoms with Gasteiger partial charge in [0.05, 0.1) is 11.4 Å². The van der Waals surface area contributed by atoms with E-state index in [4.69, 9.17) is 5.73 Å². The molecular weight excluding hydrogens is 376 g/mol. The minimum atomic E-state index is -1.02. The van der Waals surface area contributed by atoms with E-state index in [1.807, 2.05) is 12.1 Å². The fraction of sp³-hybridized carbons (Fsp3) is 0.158. The van der Waals surface area contributed by atoms with Crippen LogP contribution in [0.3, 0.4) is 0 Å². The number of urea groups is 1. The number of aromatic nitrogens is 3. The maximum absolute atomic E-state index is 12.0. The third-order valence-corrected chi connectivity index (χ3v) is 4.46. The molecule has 28 heavy (non-hydrogen) atoms. The van der Waals surface area contributed by atoms with E-state index in [0.717, 1.165) is 11.1 Å². The van der Waals surface area contributed by atoms with Crippen molar-refractivity contribution < 1.29 is 9.00 Å². The maximum Gasteiger partial charge on any atom is 0.319 e. The Morgan fingerprint density at radius 1 is 1.11 bits per heavy atom. The summed E-state index contributed by atoms with van der Waals surface area (Å²) in [4.78, 5) is 24.6. The smallest absolute Gasteiger partial charge is 0.319 e. The van der Waals surface area contributed by atoms with E-state index >= 15 is 0 Å². The number of nitrogen functional groups attached to an aromatic ring is 1. The summed E-state index contributed by atoms with van der Waals surface area (Å²) in [5, 5.41) is 5.55. The summed E-state index contributed by atoms with van der Waals surface area (Å²) in [6.07, 6.45) is 4.96. The quantitative estimate of drug-likeness (QED) is 0.588. The first kappa shape index (κ1) is 19.4. The molecule has 0 aliphatic carbocycles. The molecule has 0 bridgehead atoms. The molecule has 3 aromatic rings. The lowest BCUT2D eigenvalue weighted by Crippen LogP contribution is -2.28. The minimum Gasteiger partial charge on any atom is -0.384 e. The molecule has 1 atom stereocenters. The second-order valence-electron chi connectivity index (χ2n) is 6.07. The Balaban J connectivity index is 1.64. The van der Waals surface area contributed by atoms with E-state index in [9.17, 15) is 9.00 Å². The highest BCUT2D eigenvalue weighted by Gasteiger charge is 2.08. The lowest BCUT2D eigenvalue weighted by atomic mass is 10.2. The number of hydrogen-bond donors (Lipinski definition) is 3. The Labute approximate surface area is 165 Å². The van der Waals surface area contributed by atoms with Crippen molar-refractivity contribution >= 4 is 28.3 Å². The number of carbonyl (C=O) groups excluding carboxylic acids is 1. The van der Waals surface area contributed by atoms with E-state index in [-0.39, 0.29) is 6.03 Å². The predicted molar refractivity (Wildman–Crippen MR) is 110 cm³/mol. The van der Waals surface area contributed by atoms with Crippen LogP contribution in [0.4, 0.5) is 16.3 Å². The van der Waals surface area contributed by atoms with Crippen LogP contribution >= 0.6 is 0 Å². The Kier molecular flexibility index (Phi) is 6.28. The molecule has 2 heterocycles. The highest BCUT2D eigenvalue weighted by Crippen LogP contribution is 2.20. The maximum atomic E-state index is 12.0. The second-order valence-corrected chi connectivity index (χ2v) is 7.50. The number of rotatable bonds is 6. The van der Waals surface area contributed by atoms with Crippen molar-refractivity contribution in [2.24, 2.45) is 0 Å². The average molecular weight is 396 g/mol. The number of nitrogens with two attached hydrogens (primary N) is 1. The zero-order valence-corrected chi connectivity index (χ0v) is 16.1. The highest BCUT2D eigenvalue weighted by molar-refractivity contribution is 7.83. The molecule has 2 aromatic heterocycles. The van der Waals surface area contributed by atoms with E-state index in [2.05, 4.69) is 25.6 Å². The van der Waals surface area contributed by atoms with Crippen LogP contribution in [0.1, 0.15) is 11.3 Å². The van der Waals surface area contributed by atoms with Crippen LogP contribution in [0.15, 0.2) is 54.9 Å². The zero-order chi connectivity index (χ0) is 19.9. The number of amides is 2. The van der Waals surface area contributed by atoms with Crippen molar-refractivity contribution in [2.45, 2.75) is 12.3 Å². The number of nitrogens with one attached hydrogen (secondary N) is 2. The van der Waals surface area contributed by atoms with Crippen LogP contribution < -0.4 is 16.4 Å². The van der Waals surface area contributed by atoms with Crippen molar-refractivity contribution in [1.29, 1.82) is 0 Å². The summed E-state index contributed by atoms with van der Waals surface area (Å²) in [6.45, 7) is 0.408. The second kappa shape index (κ2) is 9.05. The molecule has 0 radical (unpaired) electrons. The largest absolute Gasteiger partial charge is 0.384 e. The Hall–Kier alpha value is -3.33. The number of pyridine rings is 1. The van der Waals surface area contributed by atoms with E-state index < -0.39 is 10.8 Å². The van der Waals surface area contributed by atoms with Gasteiger partial charge in [-0.2, -0.15) is 0 Å². The van der Waals surface area contributed by atoms with E-state index in [0.29, 0.717) is 35.3 Å². The predicted octanol–water partition coefficient (Wildman–Crippen LogP) is 2.32. The molecule has 8 nitrogen and oxygen atoms in total. The molecule has 3 rings (SSSR count). The van der Waals surface area contributed by atoms with Crippen LogP contribution in [0.25, 0.3) is 11.4 Å². The number of carbonyl (C=O) groups is 1. The van der Waals surface area contributed by atoms with Crippen LogP contribution in [0.2, 0.25) is 0 Å². The molecular formula is C19H20N6O2S. The van der Waals surface area contributed by atoms with Gasteiger partial charge in [-0.15, -0.1) is 0 Å². The van der Waals surface area contributed by atoms with Crippen molar-refractivity contribution in [3.63, 3.8) is 0 Å². The molecule has 0 spiro atoms. The molecule has 2 amide bonds. The molecule has 1 aromatic carbocycles. The van der Waals surface area contributed by atoms with Gasteiger partial charge in [0.15, 0.2) is 5.82 Å². The summed E-state index contributed by atoms with van der Waals surface area (Å²) in [6, 6.07) is 12.1. The summed E-state index contributed by atoms with van der Waals surface area (Å²) < 4.78 is 11.4. The van der Waals surface area contributed by atoms with Gasteiger partial charge in [-0.3, -0.25) is 9.19 Å². The van der Waals surface area contributed by atoms with Crippen molar-refractivity contribution in [1.82, 2.24) is 20.3 Å². The van der Waals surface area contributed by atoms with Gasteiger partial charge in [0, 0.05) is 53.3 Å². The first-order valence-electron chi connectivity index (χ1n) is 8.47. The summed E-state index contributed by atoms with van der Waals surface area (Å²) in [7, 11) is -1.02. The Morgan fingerprint density at radius 2 is 1.82 bits per heavy atom. The molecule has 0 saturated carbocycles. The Morgan fingerprint density at radius 3 is 2.50 bits per heavy atom. The van der Waals surface area contributed by atoms with E-state index in [1.165, 1.54) is 0 Å². The van der Waals surface area contributed by atoms with Gasteiger partial charge < -0.3 is 16.4 Å². The van der Waals surface area contributed by atoms with E-state index in [1.54, 1.807) is 49.0 Å². The van der Waals surface area contributed by atoms with Gasteiger partial charge in [0.2, 0.25) is 0 Å². The van der Waals surface area contributed by atoms with Gasteiger partial charge in [-0.05, 0) is 42.0 Å². The molecule has 0 fully saturated rings.